The Labute approximate surface area is 132 Å². The zero-order valence-corrected chi connectivity index (χ0v) is 14.7. The average Bonchev–Trinajstić information content (AvgIpc) is 2.99. The Kier molecular flexibility index (Phi) is 3.66. The maximum absolute atomic E-state index is 12.9. The number of hydrogen-bond acceptors (Lipinski definition) is 4. The summed E-state index contributed by atoms with van der Waals surface area (Å²) in [6.45, 7) is 11.0. The first kappa shape index (κ1) is 16.0. The van der Waals surface area contributed by atoms with Gasteiger partial charge >= 0.3 is 0 Å². The number of aromatic nitrogens is 2. The summed E-state index contributed by atoms with van der Waals surface area (Å²) in [7, 11) is -3.57. The first-order chi connectivity index (χ1) is 10.2. The topological polar surface area (TPSA) is 73.2 Å². The van der Waals surface area contributed by atoms with Crippen LogP contribution in [0.2, 0.25) is 0 Å². The molecule has 0 amide bonds. The van der Waals surface area contributed by atoms with Gasteiger partial charge in [0.2, 0.25) is 10.0 Å². The van der Waals surface area contributed by atoms with Gasteiger partial charge in [0.1, 0.15) is 4.90 Å². The van der Waals surface area contributed by atoms with Crippen LogP contribution in [0, 0.1) is 25.2 Å². The van der Waals surface area contributed by atoms with Crippen LogP contribution in [0.4, 0.5) is 0 Å². The van der Waals surface area contributed by atoms with Crippen LogP contribution in [0.25, 0.3) is 0 Å². The molecular formula is C15H25N3O3S. The fraction of sp³-hybridized carbons (Fsp3) is 0.800. The minimum Gasteiger partial charge on any atom is -0.377 e. The molecule has 2 aliphatic rings. The summed E-state index contributed by atoms with van der Waals surface area (Å²) >= 11 is 0. The maximum Gasteiger partial charge on any atom is 0.244 e. The zero-order chi connectivity index (χ0) is 16.3. The highest BCUT2D eigenvalue weighted by atomic mass is 32.2. The summed E-state index contributed by atoms with van der Waals surface area (Å²) in [5.74, 6) is 0.284. The Morgan fingerprint density at radius 1 is 1.41 bits per heavy atom. The SMILES string of the molecule is CCn1nc(C)c(S(=O)(=O)N[C@@H]2[C@@H]3CCO[C@H]3C2(C)C)c1C. The molecule has 0 aromatic carbocycles. The van der Waals surface area contributed by atoms with E-state index in [0.29, 0.717) is 22.8 Å². The number of fused-ring (bicyclic) bond motifs is 1. The first-order valence-corrected chi connectivity index (χ1v) is 9.36. The van der Waals surface area contributed by atoms with Crippen molar-refractivity contribution in [2.75, 3.05) is 6.61 Å². The average molecular weight is 327 g/mol. The van der Waals surface area contributed by atoms with Gasteiger partial charge in [-0.25, -0.2) is 13.1 Å². The second kappa shape index (κ2) is 5.04. The van der Waals surface area contributed by atoms with Crippen LogP contribution in [-0.4, -0.2) is 37.0 Å². The minimum absolute atomic E-state index is 0.0752. The summed E-state index contributed by atoms with van der Waals surface area (Å²) < 4.78 is 36.2. The molecular weight excluding hydrogens is 302 g/mol. The predicted molar refractivity (Wildman–Crippen MR) is 83.1 cm³/mol. The van der Waals surface area contributed by atoms with E-state index in [2.05, 4.69) is 23.7 Å². The molecule has 2 fully saturated rings. The van der Waals surface area contributed by atoms with Crippen LogP contribution in [0.3, 0.4) is 0 Å². The maximum atomic E-state index is 12.9. The largest absolute Gasteiger partial charge is 0.377 e. The molecule has 1 aromatic heterocycles. The van der Waals surface area contributed by atoms with Crippen LogP contribution in [0.15, 0.2) is 4.90 Å². The van der Waals surface area contributed by atoms with Crippen molar-refractivity contribution < 1.29 is 13.2 Å². The molecule has 1 aromatic rings. The summed E-state index contributed by atoms with van der Waals surface area (Å²) in [4.78, 5) is 0.326. The van der Waals surface area contributed by atoms with Crippen molar-refractivity contribution >= 4 is 10.0 Å². The van der Waals surface area contributed by atoms with Crippen LogP contribution in [-0.2, 0) is 21.3 Å². The highest BCUT2D eigenvalue weighted by Gasteiger charge is 2.60. The number of aryl methyl sites for hydroxylation is 2. The Morgan fingerprint density at radius 2 is 2.09 bits per heavy atom. The lowest BCUT2D eigenvalue weighted by Gasteiger charge is -2.54. The number of ether oxygens (including phenoxy) is 1. The van der Waals surface area contributed by atoms with E-state index >= 15 is 0 Å². The van der Waals surface area contributed by atoms with Crippen molar-refractivity contribution in [1.29, 1.82) is 0 Å². The van der Waals surface area contributed by atoms with Crippen molar-refractivity contribution in [3.63, 3.8) is 0 Å². The molecule has 1 N–H and O–H groups in total. The number of rotatable bonds is 4. The van der Waals surface area contributed by atoms with E-state index in [-0.39, 0.29) is 23.5 Å². The van der Waals surface area contributed by atoms with Crippen molar-refractivity contribution in [3.8, 4) is 0 Å². The van der Waals surface area contributed by atoms with E-state index in [1.807, 2.05) is 13.8 Å². The molecule has 0 unspecified atom stereocenters. The van der Waals surface area contributed by atoms with E-state index in [9.17, 15) is 8.42 Å². The smallest absolute Gasteiger partial charge is 0.244 e. The molecule has 6 nitrogen and oxygen atoms in total. The highest BCUT2D eigenvalue weighted by molar-refractivity contribution is 7.89. The molecule has 2 heterocycles. The number of sulfonamides is 1. The lowest BCUT2D eigenvalue weighted by atomic mass is 9.58. The fourth-order valence-electron chi connectivity index (χ4n) is 4.17. The van der Waals surface area contributed by atoms with Gasteiger partial charge in [-0.3, -0.25) is 4.68 Å². The lowest BCUT2D eigenvalue weighted by molar-refractivity contribution is -0.105. The molecule has 0 radical (unpaired) electrons. The summed E-state index contributed by atoms with van der Waals surface area (Å²) in [6.07, 6.45) is 1.09. The van der Waals surface area contributed by atoms with Crippen molar-refractivity contribution in [1.82, 2.24) is 14.5 Å². The number of nitrogens with zero attached hydrogens (tertiary/aromatic N) is 2. The first-order valence-electron chi connectivity index (χ1n) is 7.88. The molecule has 1 saturated heterocycles. The molecule has 1 saturated carbocycles. The molecule has 1 aliphatic heterocycles. The molecule has 124 valence electrons. The van der Waals surface area contributed by atoms with Gasteiger partial charge in [-0.15, -0.1) is 0 Å². The van der Waals surface area contributed by atoms with Gasteiger partial charge in [0, 0.05) is 30.5 Å². The number of nitrogens with one attached hydrogen (secondary N) is 1. The quantitative estimate of drug-likeness (QED) is 0.912. The van der Waals surface area contributed by atoms with Gasteiger partial charge in [-0.2, -0.15) is 5.10 Å². The zero-order valence-electron chi connectivity index (χ0n) is 13.9. The standard InChI is InChI=1S/C15H25N3O3S/c1-6-18-10(3)12(9(2)16-18)22(19,20)17-13-11-7-8-21-14(11)15(13,4)5/h11,13-14,17H,6-8H2,1-5H3/t11-,13+,14+/m0/s1. The van der Waals surface area contributed by atoms with Crippen LogP contribution < -0.4 is 4.72 Å². The van der Waals surface area contributed by atoms with E-state index in [1.165, 1.54) is 0 Å². The van der Waals surface area contributed by atoms with E-state index in [0.717, 1.165) is 13.0 Å². The molecule has 7 heteroatoms. The monoisotopic (exact) mass is 327 g/mol. The second-order valence-corrected chi connectivity index (χ2v) is 8.63. The molecule has 3 atom stereocenters. The van der Waals surface area contributed by atoms with Crippen LogP contribution in [0.1, 0.15) is 38.6 Å². The summed E-state index contributed by atoms with van der Waals surface area (Å²) in [5.41, 5.74) is 1.09. The molecule has 22 heavy (non-hydrogen) atoms. The van der Waals surface area contributed by atoms with Gasteiger partial charge < -0.3 is 4.74 Å². The fourth-order valence-corrected chi connectivity index (χ4v) is 6.02. The normalized spacial score (nSPS) is 30.1. The Bertz CT molecular complexity index is 693. The van der Waals surface area contributed by atoms with Crippen LogP contribution >= 0.6 is 0 Å². The van der Waals surface area contributed by atoms with Gasteiger partial charge in [0.05, 0.1) is 17.5 Å². The van der Waals surface area contributed by atoms with Crippen molar-refractivity contribution in [2.45, 2.75) is 64.6 Å². The van der Waals surface area contributed by atoms with Gasteiger partial charge in [0.25, 0.3) is 0 Å². The molecule has 1 aliphatic carbocycles. The molecule has 0 bridgehead atoms. The molecule has 0 spiro atoms. The lowest BCUT2D eigenvalue weighted by Crippen LogP contribution is -2.66. The van der Waals surface area contributed by atoms with Crippen LogP contribution in [0.5, 0.6) is 0 Å². The highest BCUT2D eigenvalue weighted by Crippen LogP contribution is 2.52. The third-order valence-corrected chi connectivity index (χ3v) is 6.96. The third-order valence-electron chi connectivity index (χ3n) is 5.27. The Morgan fingerprint density at radius 3 is 2.68 bits per heavy atom. The van der Waals surface area contributed by atoms with Gasteiger partial charge in [0.15, 0.2) is 0 Å². The predicted octanol–water partition coefficient (Wildman–Crippen LogP) is 1.61. The van der Waals surface area contributed by atoms with Crippen molar-refractivity contribution in [2.24, 2.45) is 11.3 Å². The van der Waals surface area contributed by atoms with Crippen molar-refractivity contribution in [3.05, 3.63) is 11.4 Å². The minimum atomic E-state index is -3.57. The summed E-state index contributed by atoms with van der Waals surface area (Å²) in [6, 6.07) is -0.0752. The van der Waals surface area contributed by atoms with E-state index < -0.39 is 10.0 Å². The summed E-state index contributed by atoms with van der Waals surface area (Å²) in [5, 5.41) is 4.32. The van der Waals surface area contributed by atoms with Gasteiger partial charge in [-0.05, 0) is 27.2 Å². The number of hydrogen-bond donors (Lipinski definition) is 1. The van der Waals surface area contributed by atoms with E-state index in [1.54, 1.807) is 11.6 Å². The van der Waals surface area contributed by atoms with E-state index in [4.69, 9.17) is 4.74 Å². The second-order valence-electron chi connectivity index (χ2n) is 6.98. The van der Waals surface area contributed by atoms with Gasteiger partial charge in [-0.1, -0.05) is 13.8 Å². The Balaban J connectivity index is 1.90. The third kappa shape index (κ3) is 2.13. The Hall–Kier alpha value is -0.920. The molecule has 3 rings (SSSR count).